The summed E-state index contributed by atoms with van der Waals surface area (Å²) in [6.45, 7) is 14.0. The molecule has 0 saturated carbocycles. The molecule has 2 nitrogen and oxygen atoms in total. The van der Waals surface area contributed by atoms with Crippen molar-refractivity contribution in [3.63, 3.8) is 0 Å². The molecule has 2 rings (SSSR count). The van der Waals surface area contributed by atoms with Gasteiger partial charge in [0.15, 0.2) is 0 Å². The van der Waals surface area contributed by atoms with Crippen molar-refractivity contribution in [2.75, 3.05) is 5.32 Å². The van der Waals surface area contributed by atoms with Gasteiger partial charge in [-0.05, 0) is 30.2 Å². The first-order valence-electron chi connectivity index (χ1n) is 8.85. The highest BCUT2D eigenvalue weighted by Gasteiger charge is 1.99. The number of aryl methyl sites for hydroxylation is 1. The van der Waals surface area contributed by atoms with Crippen LogP contribution in [0.4, 0.5) is 5.69 Å². The molecule has 0 atom stereocenters. The Morgan fingerprint density at radius 1 is 0.792 bits per heavy atom. The van der Waals surface area contributed by atoms with Crippen molar-refractivity contribution in [3.05, 3.63) is 71.8 Å². The fraction of sp³-hybridized carbons (Fsp3) is 0.318. The highest BCUT2D eigenvalue weighted by atomic mass is 16.1. The Bertz CT molecular complexity index is 559. The van der Waals surface area contributed by atoms with Crippen molar-refractivity contribution in [1.82, 2.24) is 0 Å². The summed E-state index contributed by atoms with van der Waals surface area (Å²) in [7, 11) is 0. The zero-order valence-electron chi connectivity index (χ0n) is 16.3. The molecular formula is C22H33NO. The zero-order chi connectivity index (χ0) is 18.8. The van der Waals surface area contributed by atoms with Crippen LogP contribution in [0.3, 0.4) is 0 Å². The molecule has 0 bridgehead atoms. The fourth-order valence-electron chi connectivity index (χ4n) is 1.62. The summed E-state index contributed by atoms with van der Waals surface area (Å²) in [5, 5.41) is 2.85. The van der Waals surface area contributed by atoms with Gasteiger partial charge >= 0.3 is 0 Å². The van der Waals surface area contributed by atoms with Gasteiger partial charge in [-0.1, -0.05) is 90.1 Å². The molecule has 0 spiro atoms. The lowest BCUT2D eigenvalue weighted by Gasteiger charge is -2.05. The third-order valence-electron chi connectivity index (χ3n) is 2.63. The first-order chi connectivity index (χ1) is 11.8. The molecule has 2 heteroatoms. The highest BCUT2D eigenvalue weighted by molar-refractivity contribution is 6.02. The number of anilines is 1. The standard InChI is InChI=1S/C16H15NO.3C2H6/c1-13-7-5-6-10-15(13)17-16(18)12-11-14-8-3-2-4-9-14;3*1-2/h2-12H,1H3,(H,17,18);3*1-2H3/b12-11+;;;. The maximum absolute atomic E-state index is 11.7. The number of hydrogen-bond donors (Lipinski definition) is 1. The van der Waals surface area contributed by atoms with Gasteiger partial charge in [0.1, 0.15) is 0 Å². The molecule has 2 aromatic rings. The fourth-order valence-corrected chi connectivity index (χ4v) is 1.62. The van der Waals surface area contributed by atoms with Crippen LogP contribution in [0, 0.1) is 6.92 Å². The molecule has 0 aliphatic heterocycles. The number of carbonyl (C=O) groups is 1. The van der Waals surface area contributed by atoms with Gasteiger partial charge in [-0.15, -0.1) is 0 Å². The maximum Gasteiger partial charge on any atom is 0.248 e. The predicted molar refractivity (Wildman–Crippen MR) is 109 cm³/mol. The van der Waals surface area contributed by atoms with Crippen molar-refractivity contribution >= 4 is 17.7 Å². The van der Waals surface area contributed by atoms with Crippen molar-refractivity contribution in [2.24, 2.45) is 0 Å². The Labute approximate surface area is 148 Å². The molecule has 2 aromatic carbocycles. The van der Waals surface area contributed by atoms with Gasteiger partial charge in [-0.25, -0.2) is 0 Å². The van der Waals surface area contributed by atoms with E-state index >= 15 is 0 Å². The van der Waals surface area contributed by atoms with Crippen LogP contribution in [0.1, 0.15) is 52.7 Å². The van der Waals surface area contributed by atoms with Crippen LogP contribution in [0.25, 0.3) is 6.08 Å². The van der Waals surface area contributed by atoms with Gasteiger partial charge in [-0.2, -0.15) is 0 Å². The van der Waals surface area contributed by atoms with Crippen LogP contribution in [-0.2, 0) is 4.79 Å². The van der Waals surface area contributed by atoms with Gasteiger partial charge in [0.25, 0.3) is 0 Å². The average Bonchev–Trinajstić information content (AvgIpc) is 2.68. The summed E-state index contributed by atoms with van der Waals surface area (Å²) in [6, 6.07) is 17.5. The molecule has 0 heterocycles. The lowest BCUT2D eigenvalue weighted by Crippen LogP contribution is -2.08. The number of rotatable bonds is 3. The van der Waals surface area contributed by atoms with E-state index in [0.29, 0.717) is 0 Å². The van der Waals surface area contributed by atoms with Gasteiger partial charge in [0, 0.05) is 11.8 Å². The van der Waals surface area contributed by atoms with Crippen LogP contribution >= 0.6 is 0 Å². The quantitative estimate of drug-likeness (QED) is 0.622. The van der Waals surface area contributed by atoms with Crippen LogP contribution < -0.4 is 5.32 Å². The van der Waals surface area contributed by atoms with Crippen molar-refractivity contribution in [2.45, 2.75) is 48.5 Å². The van der Waals surface area contributed by atoms with E-state index in [0.717, 1.165) is 16.8 Å². The van der Waals surface area contributed by atoms with Gasteiger partial charge < -0.3 is 5.32 Å². The summed E-state index contributed by atoms with van der Waals surface area (Å²) in [5.74, 6) is -0.117. The molecule has 0 saturated heterocycles. The number of benzene rings is 2. The molecule has 0 fully saturated rings. The molecule has 0 aliphatic rings. The van der Waals surface area contributed by atoms with Crippen LogP contribution in [0.2, 0.25) is 0 Å². The molecule has 0 aromatic heterocycles. The second kappa shape index (κ2) is 17.0. The molecule has 0 unspecified atom stereocenters. The smallest absolute Gasteiger partial charge is 0.248 e. The van der Waals surface area contributed by atoms with Gasteiger partial charge in [-0.3, -0.25) is 4.79 Å². The largest absolute Gasteiger partial charge is 0.322 e. The van der Waals surface area contributed by atoms with Crippen LogP contribution in [0.15, 0.2) is 60.7 Å². The zero-order valence-corrected chi connectivity index (χ0v) is 16.3. The monoisotopic (exact) mass is 327 g/mol. The Morgan fingerprint density at radius 3 is 1.83 bits per heavy atom. The van der Waals surface area contributed by atoms with Crippen molar-refractivity contribution in [1.29, 1.82) is 0 Å². The molecular weight excluding hydrogens is 294 g/mol. The van der Waals surface area contributed by atoms with E-state index < -0.39 is 0 Å². The van der Waals surface area contributed by atoms with E-state index in [4.69, 9.17) is 0 Å². The molecule has 0 radical (unpaired) electrons. The van der Waals surface area contributed by atoms with Crippen LogP contribution in [0.5, 0.6) is 0 Å². The Morgan fingerprint density at radius 2 is 1.29 bits per heavy atom. The second-order valence-corrected chi connectivity index (χ2v) is 4.05. The molecule has 24 heavy (non-hydrogen) atoms. The minimum Gasteiger partial charge on any atom is -0.322 e. The Balaban J connectivity index is 0. The highest BCUT2D eigenvalue weighted by Crippen LogP contribution is 2.13. The topological polar surface area (TPSA) is 29.1 Å². The predicted octanol–water partition coefficient (Wildman–Crippen LogP) is 6.73. The van der Waals surface area contributed by atoms with E-state index in [1.807, 2.05) is 103 Å². The summed E-state index contributed by atoms with van der Waals surface area (Å²) in [5.41, 5.74) is 2.91. The van der Waals surface area contributed by atoms with E-state index in [-0.39, 0.29) is 5.91 Å². The van der Waals surface area contributed by atoms with E-state index in [9.17, 15) is 4.79 Å². The summed E-state index contributed by atoms with van der Waals surface area (Å²) >= 11 is 0. The number of para-hydroxylation sites is 1. The number of carbonyl (C=O) groups excluding carboxylic acids is 1. The maximum atomic E-state index is 11.7. The summed E-state index contributed by atoms with van der Waals surface area (Å²) in [4.78, 5) is 11.7. The first-order valence-corrected chi connectivity index (χ1v) is 8.85. The van der Waals surface area contributed by atoms with Crippen molar-refractivity contribution in [3.8, 4) is 0 Å². The second-order valence-electron chi connectivity index (χ2n) is 4.05. The first kappa shape index (κ1) is 23.9. The Hall–Kier alpha value is -2.35. The molecule has 1 amide bonds. The van der Waals surface area contributed by atoms with Gasteiger partial charge in [0.2, 0.25) is 5.91 Å². The number of amides is 1. The minimum absolute atomic E-state index is 0.117. The van der Waals surface area contributed by atoms with E-state index in [1.54, 1.807) is 12.2 Å². The SMILES string of the molecule is CC.CC.CC.Cc1ccccc1NC(=O)/C=C/c1ccccc1. The average molecular weight is 328 g/mol. The van der Waals surface area contributed by atoms with E-state index in [2.05, 4.69) is 5.32 Å². The minimum atomic E-state index is -0.117. The molecule has 132 valence electrons. The third-order valence-corrected chi connectivity index (χ3v) is 2.63. The molecule has 0 aliphatic carbocycles. The van der Waals surface area contributed by atoms with Gasteiger partial charge in [0.05, 0.1) is 0 Å². The normalized spacial score (nSPS) is 8.62. The lowest BCUT2D eigenvalue weighted by atomic mass is 10.2. The van der Waals surface area contributed by atoms with Crippen molar-refractivity contribution < 1.29 is 4.79 Å². The van der Waals surface area contributed by atoms with Crippen LogP contribution in [-0.4, -0.2) is 5.91 Å². The summed E-state index contributed by atoms with van der Waals surface area (Å²) < 4.78 is 0. The summed E-state index contributed by atoms with van der Waals surface area (Å²) in [6.07, 6.45) is 3.34. The molecule has 1 N–H and O–H groups in total. The Kier molecular flexibility index (Phi) is 16.9. The number of hydrogen-bond acceptors (Lipinski definition) is 1. The van der Waals surface area contributed by atoms with E-state index in [1.165, 1.54) is 0 Å². The lowest BCUT2D eigenvalue weighted by molar-refractivity contribution is -0.111. The number of nitrogens with one attached hydrogen (secondary N) is 1. The third kappa shape index (κ3) is 10.4.